The first-order valence-corrected chi connectivity index (χ1v) is 6.09. The zero-order valence-electron chi connectivity index (χ0n) is 10.9. The van der Waals surface area contributed by atoms with Crippen LogP contribution in [-0.4, -0.2) is 23.4 Å². The van der Waals surface area contributed by atoms with Gasteiger partial charge in [0.05, 0.1) is 10.8 Å². The Morgan fingerprint density at radius 2 is 2.10 bits per heavy atom. The number of nitrogens with zero attached hydrogens (tertiary/aromatic N) is 1. The molecule has 0 radical (unpaired) electrons. The van der Waals surface area contributed by atoms with E-state index in [0.29, 0.717) is 0 Å². The molecule has 0 spiro atoms. The van der Waals surface area contributed by atoms with Crippen LogP contribution in [0.15, 0.2) is 18.2 Å². The number of nitro groups is 1. The van der Waals surface area contributed by atoms with Gasteiger partial charge in [0.2, 0.25) is 0 Å². The number of carbonyl (C=O) groups excluding carboxylic acids is 2. The molecule has 0 aliphatic carbocycles. The molecule has 0 atom stereocenters. The zero-order valence-corrected chi connectivity index (χ0v) is 11.6. The topological polar surface area (TPSA) is 98.5 Å². The molecule has 20 heavy (non-hydrogen) atoms. The molecule has 0 saturated carbocycles. The van der Waals surface area contributed by atoms with Crippen molar-refractivity contribution < 1.29 is 19.2 Å². The average Bonchev–Trinajstić information content (AvgIpc) is 2.37. The summed E-state index contributed by atoms with van der Waals surface area (Å²) in [5.41, 5.74) is -0.342. The minimum Gasteiger partial charge on any atom is -0.455 e. The predicted molar refractivity (Wildman–Crippen MR) is 72.5 cm³/mol. The van der Waals surface area contributed by atoms with Crippen LogP contribution in [0.1, 0.15) is 13.8 Å². The number of hydrogen-bond acceptors (Lipinski definition) is 5. The third kappa shape index (κ3) is 4.51. The van der Waals surface area contributed by atoms with Crippen molar-refractivity contribution >= 4 is 34.9 Å². The Kier molecular flexibility index (Phi) is 5.45. The van der Waals surface area contributed by atoms with Crippen LogP contribution in [-0.2, 0) is 14.3 Å². The number of nitrogens with one attached hydrogen (secondary N) is 1. The summed E-state index contributed by atoms with van der Waals surface area (Å²) in [4.78, 5) is 32.9. The summed E-state index contributed by atoms with van der Waals surface area (Å²) in [5.74, 6) is -1.54. The normalized spacial score (nSPS) is 10.2. The highest BCUT2D eigenvalue weighted by Crippen LogP contribution is 2.27. The Balaban J connectivity index is 2.71. The number of esters is 1. The molecule has 0 heterocycles. The SMILES string of the molecule is CC(C)C(=O)OCC(=O)Nc1ccc(Cl)cc1[N+](=O)[O-]. The number of hydrogen-bond donors (Lipinski definition) is 1. The second kappa shape index (κ2) is 6.85. The summed E-state index contributed by atoms with van der Waals surface area (Å²) in [6, 6.07) is 3.84. The monoisotopic (exact) mass is 300 g/mol. The van der Waals surface area contributed by atoms with E-state index in [4.69, 9.17) is 16.3 Å². The second-order valence-electron chi connectivity index (χ2n) is 4.23. The molecule has 0 bridgehead atoms. The number of benzene rings is 1. The van der Waals surface area contributed by atoms with Crippen LogP contribution in [0.2, 0.25) is 5.02 Å². The van der Waals surface area contributed by atoms with Gasteiger partial charge in [-0.25, -0.2) is 0 Å². The van der Waals surface area contributed by atoms with Crippen molar-refractivity contribution in [2.45, 2.75) is 13.8 Å². The van der Waals surface area contributed by atoms with E-state index in [2.05, 4.69) is 5.32 Å². The van der Waals surface area contributed by atoms with E-state index in [1.54, 1.807) is 13.8 Å². The molecule has 8 heteroatoms. The summed E-state index contributed by atoms with van der Waals surface area (Å²) < 4.78 is 4.71. The van der Waals surface area contributed by atoms with E-state index < -0.39 is 23.4 Å². The van der Waals surface area contributed by atoms with Gasteiger partial charge in [-0.1, -0.05) is 25.4 Å². The first-order chi connectivity index (χ1) is 9.31. The third-order valence-electron chi connectivity index (χ3n) is 2.25. The van der Waals surface area contributed by atoms with Gasteiger partial charge in [-0.05, 0) is 12.1 Å². The lowest BCUT2D eigenvalue weighted by Gasteiger charge is -2.08. The highest BCUT2D eigenvalue weighted by molar-refractivity contribution is 6.31. The van der Waals surface area contributed by atoms with Gasteiger partial charge >= 0.3 is 5.97 Å². The van der Waals surface area contributed by atoms with E-state index in [0.717, 1.165) is 6.07 Å². The van der Waals surface area contributed by atoms with Crippen LogP contribution in [0.25, 0.3) is 0 Å². The molecule has 1 rings (SSSR count). The summed E-state index contributed by atoms with van der Waals surface area (Å²) in [6.07, 6.45) is 0. The van der Waals surface area contributed by atoms with Crippen LogP contribution in [0.5, 0.6) is 0 Å². The molecule has 1 aromatic rings. The maximum Gasteiger partial charge on any atom is 0.308 e. The van der Waals surface area contributed by atoms with Crippen molar-refractivity contribution in [1.29, 1.82) is 0 Å². The van der Waals surface area contributed by atoms with E-state index in [1.165, 1.54) is 12.1 Å². The van der Waals surface area contributed by atoms with Gasteiger partial charge in [-0.15, -0.1) is 0 Å². The molecule has 0 aliphatic heterocycles. The Hall–Kier alpha value is -2.15. The number of rotatable bonds is 5. The van der Waals surface area contributed by atoms with Crippen molar-refractivity contribution in [3.8, 4) is 0 Å². The smallest absolute Gasteiger partial charge is 0.308 e. The lowest BCUT2D eigenvalue weighted by atomic mass is 10.2. The minimum absolute atomic E-state index is 0.00926. The standard InChI is InChI=1S/C12H13ClN2O5/c1-7(2)12(17)20-6-11(16)14-9-4-3-8(13)5-10(9)15(18)19/h3-5,7H,6H2,1-2H3,(H,14,16). The molecular formula is C12H13ClN2O5. The Morgan fingerprint density at radius 1 is 1.45 bits per heavy atom. The second-order valence-corrected chi connectivity index (χ2v) is 4.67. The molecule has 1 amide bonds. The highest BCUT2D eigenvalue weighted by atomic mass is 35.5. The largest absolute Gasteiger partial charge is 0.455 e. The molecule has 0 aromatic heterocycles. The fourth-order valence-electron chi connectivity index (χ4n) is 1.25. The fourth-order valence-corrected chi connectivity index (χ4v) is 1.42. The average molecular weight is 301 g/mol. The van der Waals surface area contributed by atoms with Crippen LogP contribution in [0.4, 0.5) is 11.4 Å². The Bertz CT molecular complexity index is 545. The van der Waals surface area contributed by atoms with Gasteiger partial charge < -0.3 is 10.1 Å². The third-order valence-corrected chi connectivity index (χ3v) is 2.48. The van der Waals surface area contributed by atoms with Gasteiger partial charge in [0.1, 0.15) is 5.69 Å². The van der Waals surface area contributed by atoms with Crippen molar-refractivity contribution in [2.75, 3.05) is 11.9 Å². The van der Waals surface area contributed by atoms with Crippen LogP contribution in [0.3, 0.4) is 0 Å². The number of halogens is 1. The first-order valence-electron chi connectivity index (χ1n) is 5.71. The minimum atomic E-state index is -0.665. The molecule has 1 N–H and O–H groups in total. The first kappa shape index (κ1) is 15.9. The summed E-state index contributed by atoms with van der Waals surface area (Å²) in [7, 11) is 0. The number of ether oxygens (including phenoxy) is 1. The lowest BCUT2D eigenvalue weighted by Crippen LogP contribution is -2.23. The van der Waals surface area contributed by atoms with Crippen molar-refractivity contribution in [3.05, 3.63) is 33.3 Å². The van der Waals surface area contributed by atoms with Gasteiger partial charge in [0.25, 0.3) is 11.6 Å². The number of nitro benzene ring substituents is 1. The van der Waals surface area contributed by atoms with E-state index in [-0.39, 0.29) is 22.3 Å². The van der Waals surface area contributed by atoms with Crippen molar-refractivity contribution in [3.63, 3.8) is 0 Å². The summed E-state index contributed by atoms with van der Waals surface area (Å²) >= 11 is 5.65. The zero-order chi connectivity index (χ0) is 15.3. The van der Waals surface area contributed by atoms with E-state index in [9.17, 15) is 19.7 Å². The maximum absolute atomic E-state index is 11.6. The van der Waals surface area contributed by atoms with Gasteiger partial charge in [0, 0.05) is 11.1 Å². The number of carbonyl (C=O) groups is 2. The molecule has 108 valence electrons. The fraction of sp³-hybridized carbons (Fsp3) is 0.333. The maximum atomic E-state index is 11.6. The number of anilines is 1. The van der Waals surface area contributed by atoms with Gasteiger partial charge in [-0.2, -0.15) is 0 Å². The van der Waals surface area contributed by atoms with Crippen LogP contribution in [0, 0.1) is 16.0 Å². The molecule has 0 fully saturated rings. The van der Waals surface area contributed by atoms with Gasteiger partial charge in [-0.3, -0.25) is 19.7 Å². The molecule has 0 unspecified atom stereocenters. The van der Waals surface area contributed by atoms with Crippen molar-refractivity contribution in [1.82, 2.24) is 0 Å². The lowest BCUT2D eigenvalue weighted by molar-refractivity contribution is -0.383. The van der Waals surface area contributed by atoms with Crippen LogP contribution < -0.4 is 5.32 Å². The molecule has 7 nitrogen and oxygen atoms in total. The molecule has 1 aromatic carbocycles. The van der Waals surface area contributed by atoms with Crippen LogP contribution >= 0.6 is 11.6 Å². The van der Waals surface area contributed by atoms with E-state index >= 15 is 0 Å². The van der Waals surface area contributed by atoms with Gasteiger partial charge in [0.15, 0.2) is 6.61 Å². The Labute approximate surface area is 120 Å². The highest BCUT2D eigenvalue weighted by Gasteiger charge is 2.17. The summed E-state index contributed by atoms with van der Waals surface area (Å²) in [6.45, 7) is 2.76. The van der Waals surface area contributed by atoms with E-state index in [1.807, 2.05) is 0 Å². The molecule has 0 aliphatic rings. The van der Waals surface area contributed by atoms with Crippen molar-refractivity contribution in [2.24, 2.45) is 5.92 Å². The molecular weight excluding hydrogens is 288 g/mol. The molecule has 0 saturated heterocycles. The quantitative estimate of drug-likeness (QED) is 0.511. The number of amides is 1. The predicted octanol–water partition coefficient (Wildman–Crippen LogP) is 2.39. The Morgan fingerprint density at radius 3 is 2.65 bits per heavy atom. The summed E-state index contributed by atoms with van der Waals surface area (Å²) in [5, 5.41) is 13.3.